The molecule has 1 aromatic rings. The highest BCUT2D eigenvalue weighted by molar-refractivity contribution is 7.94. The summed E-state index contributed by atoms with van der Waals surface area (Å²) < 4.78 is 39.6. The van der Waals surface area contributed by atoms with Crippen molar-refractivity contribution in [3.63, 3.8) is 0 Å². The van der Waals surface area contributed by atoms with Crippen LogP contribution >= 0.6 is 0 Å². The van der Waals surface area contributed by atoms with Crippen molar-refractivity contribution in [1.29, 1.82) is 0 Å². The van der Waals surface area contributed by atoms with Crippen LogP contribution in [0.15, 0.2) is 30.3 Å². The smallest absolute Gasteiger partial charge is 0.331 e. The van der Waals surface area contributed by atoms with Gasteiger partial charge in [0.2, 0.25) is 0 Å². The number of carbonyl (C=O) groups is 3. The average molecular weight is 411 g/mol. The summed E-state index contributed by atoms with van der Waals surface area (Å²) >= 11 is 0. The normalized spacial score (nSPS) is 30.3. The molecule has 0 saturated carbocycles. The molecule has 0 spiro atoms. The molecule has 0 bridgehead atoms. The number of amides is 1. The van der Waals surface area contributed by atoms with Crippen molar-refractivity contribution in [1.82, 2.24) is 4.90 Å². The molecular formula is C18H21NO8S. The van der Waals surface area contributed by atoms with Gasteiger partial charge in [-0.05, 0) is 12.5 Å². The predicted octanol–water partition coefficient (Wildman–Crippen LogP) is 0.0319. The van der Waals surface area contributed by atoms with Crippen molar-refractivity contribution in [3.05, 3.63) is 35.9 Å². The number of esters is 2. The van der Waals surface area contributed by atoms with Crippen LogP contribution in [0.4, 0.5) is 0 Å². The first kappa shape index (κ1) is 20.3. The van der Waals surface area contributed by atoms with Crippen molar-refractivity contribution >= 4 is 27.7 Å². The molecule has 1 aromatic carbocycles. The second kappa shape index (κ2) is 7.17. The fourth-order valence-electron chi connectivity index (χ4n) is 3.56. The van der Waals surface area contributed by atoms with Crippen LogP contribution in [0.1, 0.15) is 19.4 Å². The minimum atomic E-state index is -4.09. The summed E-state index contributed by atoms with van der Waals surface area (Å²) in [4.78, 5) is 37.5. The fourth-order valence-corrected chi connectivity index (χ4v) is 5.94. The lowest BCUT2D eigenvalue weighted by Crippen LogP contribution is -2.67. The molecule has 28 heavy (non-hydrogen) atoms. The van der Waals surface area contributed by atoms with Crippen LogP contribution in [-0.2, 0) is 45.0 Å². The standard InChI is InChI=1S/C18H21NO8S/c1-11(20)27-10-18(2)14(17(22)26-9-12-7-5-4-6-8-12)19-15(21)13(25-3)16(19)28(18,23)24/h4-8,13-14,16H,9-10H2,1-3H3/t13-,14-,16+,18-/m0/s1. The van der Waals surface area contributed by atoms with Gasteiger partial charge < -0.3 is 19.1 Å². The number of rotatable bonds is 6. The van der Waals surface area contributed by atoms with Crippen LogP contribution in [0.5, 0.6) is 0 Å². The van der Waals surface area contributed by atoms with E-state index in [2.05, 4.69) is 0 Å². The molecule has 0 aromatic heterocycles. The molecule has 2 aliphatic heterocycles. The van der Waals surface area contributed by atoms with Crippen LogP contribution in [0.25, 0.3) is 0 Å². The average Bonchev–Trinajstić information content (AvgIpc) is 2.81. The highest BCUT2D eigenvalue weighted by Gasteiger charge is 2.74. The van der Waals surface area contributed by atoms with Gasteiger partial charge in [0, 0.05) is 14.0 Å². The van der Waals surface area contributed by atoms with E-state index in [0.717, 1.165) is 11.8 Å². The topological polar surface area (TPSA) is 116 Å². The number of hydrogen-bond acceptors (Lipinski definition) is 8. The van der Waals surface area contributed by atoms with Gasteiger partial charge in [-0.25, -0.2) is 13.2 Å². The van der Waals surface area contributed by atoms with E-state index in [1.165, 1.54) is 14.0 Å². The van der Waals surface area contributed by atoms with Crippen LogP contribution in [0, 0.1) is 0 Å². The first-order valence-corrected chi connectivity index (χ1v) is 10.1. The Hall–Kier alpha value is -2.46. The van der Waals surface area contributed by atoms with Gasteiger partial charge in [0.25, 0.3) is 5.91 Å². The zero-order valence-corrected chi connectivity index (χ0v) is 16.5. The van der Waals surface area contributed by atoms with E-state index in [0.29, 0.717) is 5.56 Å². The summed E-state index contributed by atoms with van der Waals surface area (Å²) in [6.45, 7) is 1.75. The molecule has 9 nitrogen and oxygen atoms in total. The fraction of sp³-hybridized carbons (Fsp3) is 0.500. The minimum absolute atomic E-state index is 0.0831. The number of methoxy groups -OCH3 is 1. The number of ether oxygens (including phenoxy) is 3. The minimum Gasteiger partial charge on any atom is -0.464 e. The molecule has 1 amide bonds. The van der Waals surface area contributed by atoms with Gasteiger partial charge in [0.15, 0.2) is 27.4 Å². The van der Waals surface area contributed by atoms with Gasteiger partial charge >= 0.3 is 11.9 Å². The Morgan fingerprint density at radius 3 is 2.39 bits per heavy atom. The summed E-state index contributed by atoms with van der Waals surface area (Å²) in [5.74, 6) is -2.20. The van der Waals surface area contributed by atoms with Crippen molar-refractivity contribution in [3.8, 4) is 0 Å². The van der Waals surface area contributed by atoms with E-state index in [1.807, 2.05) is 0 Å². The predicted molar refractivity (Wildman–Crippen MR) is 95.4 cm³/mol. The van der Waals surface area contributed by atoms with Crippen molar-refractivity contribution in [2.24, 2.45) is 0 Å². The third kappa shape index (κ3) is 2.96. The molecule has 3 rings (SSSR count). The van der Waals surface area contributed by atoms with Gasteiger partial charge in [-0.1, -0.05) is 30.3 Å². The molecule has 4 atom stereocenters. The highest BCUT2D eigenvalue weighted by Crippen LogP contribution is 2.47. The number of sulfone groups is 1. The van der Waals surface area contributed by atoms with Crippen LogP contribution < -0.4 is 0 Å². The largest absolute Gasteiger partial charge is 0.464 e. The second-order valence-electron chi connectivity index (χ2n) is 6.93. The molecule has 2 fully saturated rings. The van der Waals surface area contributed by atoms with E-state index >= 15 is 0 Å². The number of β-lactam (4-membered cyclic amide) rings is 1. The third-order valence-electron chi connectivity index (χ3n) is 5.12. The van der Waals surface area contributed by atoms with E-state index in [4.69, 9.17) is 14.2 Å². The maximum absolute atomic E-state index is 13.1. The lowest BCUT2D eigenvalue weighted by molar-refractivity contribution is -0.176. The van der Waals surface area contributed by atoms with Crippen LogP contribution in [-0.4, -0.2) is 67.1 Å². The van der Waals surface area contributed by atoms with E-state index in [9.17, 15) is 22.8 Å². The molecule has 0 radical (unpaired) electrons. The molecule has 152 valence electrons. The highest BCUT2D eigenvalue weighted by atomic mass is 32.2. The number of nitrogens with zero attached hydrogens (tertiary/aromatic N) is 1. The third-order valence-corrected chi connectivity index (χ3v) is 7.87. The Bertz CT molecular complexity index is 899. The van der Waals surface area contributed by atoms with Gasteiger partial charge in [0.05, 0.1) is 0 Å². The lowest BCUT2D eigenvalue weighted by atomic mass is 9.96. The number of carbonyl (C=O) groups excluding carboxylic acids is 3. The number of hydrogen-bond donors (Lipinski definition) is 0. The zero-order chi connectivity index (χ0) is 20.7. The van der Waals surface area contributed by atoms with Gasteiger partial charge in [-0.3, -0.25) is 9.59 Å². The molecule has 0 unspecified atom stereocenters. The molecule has 0 N–H and O–H groups in total. The summed E-state index contributed by atoms with van der Waals surface area (Å²) in [5, 5.41) is -1.32. The second-order valence-corrected chi connectivity index (χ2v) is 9.43. The van der Waals surface area contributed by atoms with E-state index in [-0.39, 0.29) is 6.61 Å². The summed E-state index contributed by atoms with van der Waals surface area (Å²) in [6.07, 6.45) is -1.20. The molecule has 0 aliphatic carbocycles. The van der Waals surface area contributed by atoms with E-state index < -0.39 is 56.6 Å². The SMILES string of the molecule is CO[C@H]1C(=O)N2[C@@H](C(=O)OCc3ccccc3)[C@](C)(COC(C)=O)S(=O)(=O)[C@H]12. The molecule has 2 heterocycles. The molecular weight excluding hydrogens is 390 g/mol. The Balaban J connectivity index is 1.92. The number of benzene rings is 1. The van der Waals surface area contributed by atoms with Gasteiger partial charge in [0.1, 0.15) is 18.0 Å². The Morgan fingerprint density at radius 2 is 1.82 bits per heavy atom. The first-order chi connectivity index (χ1) is 13.1. The summed E-state index contributed by atoms with van der Waals surface area (Å²) in [6, 6.07) is 7.40. The van der Waals surface area contributed by atoms with Gasteiger partial charge in [-0.2, -0.15) is 0 Å². The first-order valence-electron chi connectivity index (χ1n) is 8.57. The Kier molecular flexibility index (Phi) is 5.20. The van der Waals surface area contributed by atoms with Crippen molar-refractivity contribution in [2.45, 2.75) is 42.7 Å². The quantitative estimate of drug-likeness (QED) is 0.476. The number of fused-ring (bicyclic) bond motifs is 1. The molecule has 2 saturated heterocycles. The maximum Gasteiger partial charge on any atom is 0.331 e. The molecule has 10 heteroatoms. The van der Waals surface area contributed by atoms with E-state index in [1.54, 1.807) is 30.3 Å². The van der Waals surface area contributed by atoms with Crippen LogP contribution in [0.2, 0.25) is 0 Å². The van der Waals surface area contributed by atoms with Crippen molar-refractivity contribution < 1.29 is 37.0 Å². The summed E-state index contributed by atoms with van der Waals surface area (Å²) in [7, 11) is -2.87. The van der Waals surface area contributed by atoms with Crippen LogP contribution in [0.3, 0.4) is 0 Å². The zero-order valence-electron chi connectivity index (χ0n) is 15.7. The Labute approximate surface area is 162 Å². The summed E-state index contributed by atoms with van der Waals surface area (Å²) in [5.41, 5.74) is 0.708. The molecule has 2 aliphatic rings. The lowest BCUT2D eigenvalue weighted by Gasteiger charge is -2.41. The van der Waals surface area contributed by atoms with Crippen molar-refractivity contribution in [2.75, 3.05) is 13.7 Å². The van der Waals surface area contributed by atoms with Gasteiger partial charge in [-0.15, -0.1) is 0 Å². The monoisotopic (exact) mass is 411 g/mol. The maximum atomic E-state index is 13.1. The Morgan fingerprint density at radius 1 is 1.18 bits per heavy atom.